The lowest BCUT2D eigenvalue weighted by atomic mass is 10.3. The maximum absolute atomic E-state index is 8.75. The van der Waals surface area contributed by atoms with Gasteiger partial charge < -0.3 is 15.7 Å². The van der Waals surface area contributed by atoms with E-state index in [1.165, 1.54) is 11.5 Å². The second-order valence-electron chi connectivity index (χ2n) is 2.50. The highest BCUT2D eigenvalue weighted by atomic mass is 32.1. The van der Waals surface area contributed by atoms with Crippen molar-refractivity contribution in [1.29, 1.82) is 5.26 Å². The van der Waals surface area contributed by atoms with Gasteiger partial charge in [-0.25, -0.2) is 0 Å². The molecule has 1 aromatic heterocycles. The van der Waals surface area contributed by atoms with Gasteiger partial charge in [0.2, 0.25) is 0 Å². The quantitative estimate of drug-likeness (QED) is 0.715. The molecule has 0 fully saturated rings. The molecular weight excluding hydrogens is 188 g/mol. The first-order valence-corrected chi connectivity index (χ1v) is 4.45. The monoisotopic (exact) mass is 198 g/mol. The van der Waals surface area contributed by atoms with Crippen molar-refractivity contribution in [2.75, 3.05) is 30.8 Å². The highest BCUT2D eigenvalue weighted by molar-refractivity contribution is 7.10. The molecule has 0 saturated heterocycles. The van der Waals surface area contributed by atoms with Gasteiger partial charge in [0, 0.05) is 13.6 Å². The molecule has 6 heteroatoms. The van der Waals surface area contributed by atoms with Crippen molar-refractivity contribution < 1.29 is 5.11 Å². The van der Waals surface area contributed by atoms with Crippen molar-refractivity contribution in [3.05, 3.63) is 5.56 Å². The maximum Gasteiger partial charge on any atom is 0.157 e. The Hall–Kier alpha value is -1.32. The average molecular weight is 198 g/mol. The van der Waals surface area contributed by atoms with E-state index in [1.807, 2.05) is 6.07 Å². The topological polar surface area (TPSA) is 86.2 Å². The summed E-state index contributed by atoms with van der Waals surface area (Å²) >= 11 is 1.17. The number of aromatic nitrogens is 1. The van der Waals surface area contributed by atoms with Gasteiger partial charge in [-0.15, -0.1) is 0 Å². The Labute approximate surface area is 80.2 Å². The molecule has 0 amide bonds. The van der Waals surface area contributed by atoms with E-state index < -0.39 is 0 Å². The van der Waals surface area contributed by atoms with Crippen molar-refractivity contribution in [1.82, 2.24) is 4.37 Å². The average Bonchev–Trinajstić information content (AvgIpc) is 2.47. The van der Waals surface area contributed by atoms with Crippen LogP contribution < -0.4 is 10.6 Å². The van der Waals surface area contributed by atoms with E-state index >= 15 is 0 Å². The summed E-state index contributed by atoms with van der Waals surface area (Å²) < 4.78 is 3.86. The first kappa shape index (κ1) is 9.77. The molecule has 3 N–H and O–H groups in total. The van der Waals surface area contributed by atoms with Crippen molar-refractivity contribution >= 4 is 22.4 Å². The molecule has 5 nitrogen and oxygen atoms in total. The van der Waals surface area contributed by atoms with Crippen LogP contribution in [-0.4, -0.2) is 29.7 Å². The molecule has 0 aliphatic heterocycles. The van der Waals surface area contributed by atoms with Gasteiger partial charge in [0.05, 0.1) is 6.61 Å². The summed E-state index contributed by atoms with van der Waals surface area (Å²) in [5.41, 5.74) is 5.86. The van der Waals surface area contributed by atoms with E-state index in [4.69, 9.17) is 16.1 Å². The largest absolute Gasteiger partial charge is 0.395 e. The third kappa shape index (κ3) is 1.88. The van der Waals surface area contributed by atoms with Crippen LogP contribution in [0.25, 0.3) is 0 Å². The fourth-order valence-electron chi connectivity index (χ4n) is 0.910. The standard InChI is InChI=1S/C7H10N4OS/c1-11(2-3-12)7-5(4-8)6(9)10-13-7/h12H,2-3H2,1H3,(H2,9,10). The summed E-state index contributed by atoms with van der Waals surface area (Å²) in [6, 6.07) is 1.98. The molecule has 13 heavy (non-hydrogen) atoms. The second-order valence-corrected chi connectivity index (χ2v) is 3.26. The van der Waals surface area contributed by atoms with Gasteiger partial charge in [-0.2, -0.15) is 9.64 Å². The predicted octanol–water partition coefficient (Wildman–Crippen LogP) is 0.0255. The van der Waals surface area contributed by atoms with E-state index in [-0.39, 0.29) is 12.4 Å². The Morgan fingerprint density at radius 2 is 2.46 bits per heavy atom. The zero-order valence-electron chi connectivity index (χ0n) is 7.19. The molecule has 0 saturated carbocycles. The Morgan fingerprint density at radius 1 is 1.77 bits per heavy atom. The number of nitrogens with two attached hydrogens (primary N) is 1. The van der Waals surface area contributed by atoms with Gasteiger partial charge in [0.1, 0.15) is 16.6 Å². The highest BCUT2D eigenvalue weighted by Gasteiger charge is 2.13. The van der Waals surface area contributed by atoms with Gasteiger partial charge in [0.25, 0.3) is 0 Å². The maximum atomic E-state index is 8.75. The second kappa shape index (κ2) is 4.07. The molecule has 0 spiro atoms. The van der Waals surface area contributed by atoms with Crippen molar-refractivity contribution in [3.8, 4) is 6.07 Å². The predicted molar refractivity (Wildman–Crippen MR) is 51.6 cm³/mol. The van der Waals surface area contributed by atoms with E-state index in [2.05, 4.69) is 4.37 Å². The van der Waals surface area contributed by atoms with Gasteiger partial charge in [0.15, 0.2) is 5.82 Å². The van der Waals surface area contributed by atoms with Crippen LogP contribution in [0.3, 0.4) is 0 Å². The number of hydrogen-bond acceptors (Lipinski definition) is 6. The summed E-state index contributed by atoms with van der Waals surface area (Å²) in [4.78, 5) is 1.76. The summed E-state index contributed by atoms with van der Waals surface area (Å²) in [5.74, 6) is 0.257. The normalized spacial score (nSPS) is 9.62. The highest BCUT2D eigenvalue weighted by Crippen LogP contribution is 2.28. The fourth-order valence-corrected chi connectivity index (χ4v) is 1.66. The number of hydrogen-bond donors (Lipinski definition) is 2. The van der Waals surface area contributed by atoms with Crippen LogP contribution in [-0.2, 0) is 0 Å². The number of anilines is 2. The minimum atomic E-state index is 0.0408. The van der Waals surface area contributed by atoms with Crippen LogP contribution in [0, 0.1) is 11.3 Å². The minimum absolute atomic E-state index is 0.0408. The molecule has 1 rings (SSSR count). The summed E-state index contributed by atoms with van der Waals surface area (Å²) in [6.07, 6.45) is 0. The Kier molecular flexibility index (Phi) is 3.06. The first-order chi connectivity index (χ1) is 6.20. The van der Waals surface area contributed by atoms with E-state index in [0.717, 1.165) is 0 Å². The SMILES string of the molecule is CN(CCO)c1snc(N)c1C#N. The molecule has 70 valence electrons. The number of aliphatic hydroxyl groups is 1. The van der Waals surface area contributed by atoms with Crippen LogP contribution >= 0.6 is 11.5 Å². The zero-order valence-corrected chi connectivity index (χ0v) is 8.01. The third-order valence-corrected chi connectivity index (χ3v) is 2.57. The summed E-state index contributed by atoms with van der Waals surface area (Å²) in [5, 5.41) is 18.2. The number of nitrogens with zero attached hydrogens (tertiary/aromatic N) is 3. The number of nitrogen functional groups attached to an aromatic ring is 1. The van der Waals surface area contributed by atoms with Crippen LogP contribution in [0.1, 0.15) is 5.56 Å². The van der Waals surface area contributed by atoms with Crippen LogP contribution in [0.5, 0.6) is 0 Å². The van der Waals surface area contributed by atoms with E-state index in [9.17, 15) is 0 Å². The van der Waals surface area contributed by atoms with Crippen molar-refractivity contribution in [2.45, 2.75) is 0 Å². The Morgan fingerprint density at radius 3 is 3.00 bits per heavy atom. The number of aliphatic hydroxyl groups excluding tert-OH is 1. The lowest BCUT2D eigenvalue weighted by molar-refractivity contribution is 0.304. The number of nitriles is 1. The van der Waals surface area contributed by atoms with Crippen LogP contribution in [0.4, 0.5) is 10.8 Å². The minimum Gasteiger partial charge on any atom is -0.395 e. The number of rotatable bonds is 3. The molecular formula is C7H10N4OS. The lowest BCUT2D eigenvalue weighted by Gasteiger charge is -2.14. The molecule has 0 aliphatic rings. The molecule has 0 atom stereocenters. The van der Waals surface area contributed by atoms with Crippen LogP contribution in [0.2, 0.25) is 0 Å². The molecule has 0 radical (unpaired) electrons. The molecule has 0 aromatic carbocycles. The van der Waals surface area contributed by atoms with Gasteiger partial charge >= 0.3 is 0 Å². The van der Waals surface area contributed by atoms with Crippen LogP contribution in [0.15, 0.2) is 0 Å². The smallest absolute Gasteiger partial charge is 0.157 e. The van der Waals surface area contributed by atoms with Gasteiger partial charge in [-0.3, -0.25) is 0 Å². The fraction of sp³-hybridized carbons (Fsp3) is 0.429. The third-order valence-electron chi connectivity index (χ3n) is 1.59. The Bertz CT molecular complexity index is 330. The van der Waals surface area contributed by atoms with Gasteiger partial charge in [-0.05, 0) is 11.5 Å². The van der Waals surface area contributed by atoms with Crippen molar-refractivity contribution in [3.63, 3.8) is 0 Å². The number of likely N-dealkylation sites (N-methyl/N-ethyl adjacent to an activating group) is 1. The Balaban J connectivity index is 2.95. The van der Waals surface area contributed by atoms with Gasteiger partial charge in [-0.1, -0.05) is 0 Å². The molecule has 1 heterocycles. The summed E-state index contributed by atoms with van der Waals surface area (Å²) in [7, 11) is 1.78. The molecule has 1 aromatic rings. The van der Waals surface area contributed by atoms with E-state index in [1.54, 1.807) is 11.9 Å². The van der Waals surface area contributed by atoms with E-state index in [0.29, 0.717) is 17.1 Å². The summed E-state index contributed by atoms with van der Waals surface area (Å²) in [6.45, 7) is 0.509. The first-order valence-electron chi connectivity index (χ1n) is 3.68. The zero-order chi connectivity index (χ0) is 9.84. The molecule has 0 aliphatic carbocycles. The molecule has 0 unspecified atom stereocenters. The lowest BCUT2D eigenvalue weighted by Crippen LogP contribution is -2.20. The molecule has 0 bridgehead atoms. The van der Waals surface area contributed by atoms with Crippen molar-refractivity contribution in [2.24, 2.45) is 0 Å².